The number of carbonyl (C=O) groups excluding carboxylic acids is 2. The quantitative estimate of drug-likeness (QED) is 0.358. The zero-order valence-electron chi connectivity index (χ0n) is 18.0. The van der Waals surface area contributed by atoms with Crippen LogP contribution in [-0.4, -0.2) is 11.7 Å². The van der Waals surface area contributed by atoms with E-state index in [0.717, 1.165) is 39.9 Å². The third-order valence-corrected chi connectivity index (χ3v) is 6.26. The van der Waals surface area contributed by atoms with Crippen LogP contribution in [0, 0.1) is 5.92 Å². The van der Waals surface area contributed by atoms with Crippen molar-refractivity contribution < 1.29 is 9.59 Å². The average molecular weight is 410 g/mol. The summed E-state index contributed by atoms with van der Waals surface area (Å²) < 4.78 is 0. The first kappa shape index (κ1) is 20.8. The third-order valence-electron chi connectivity index (χ3n) is 6.26. The summed E-state index contributed by atoms with van der Waals surface area (Å²) in [4.78, 5) is 26.0. The molecule has 1 aliphatic heterocycles. The molecule has 3 aromatic rings. The molecule has 0 aromatic heterocycles. The number of ketones is 1. The average Bonchev–Trinajstić information content (AvgIpc) is 3.14. The summed E-state index contributed by atoms with van der Waals surface area (Å²) in [5.74, 6) is 0.0908. The van der Waals surface area contributed by atoms with Crippen molar-refractivity contribution in [3.63, 3.8) is 0 Å². The number of nitrogens with one attached hydrogen (secondary N) is 1. The van der Waals surface area contributed by atoms with Crippen LogP contribution in [0.5, 0.6) is 0 Å². The predicted octanol–water partition coefficient (Wildman–Crippen LogP) is 6.50. The Balaban J connectivity index is 1.76. The van der Waals surface area contributed by atoms with Crippen molar-refractivity contribution in [2.75, 3.05) is 5.32 Å². The molecule has 3 aromatic carbocycles. The maximum absolute atomic E-state index is 13.1. The minimum Gasteiger partial charge on any atom is -0.321 e. The standard InChI is InChI=1S/C28H27NO2/c1-3-22(27-23-16-10-11-17-25(23)29-28(27)31)19(2)24(20-12-6-4-7-13-20)18-26(30)21-14-8-5-9-15-21/h4-17,19,24H,3,18H2,1-2H3,(H,29,31)/b27-22-. The first-order valence-corrected chi connectivity index (χ1v) is 10.9. The van der Waals surface area contributed by atoms with Gasteiger partial charge in [0.15, 0.2) is 5.78 Å². The fourth-order valence-electron chi connectivity index (χ4n) is 4.63. The van der Waals surface area contributed by atoms with Crippen LogP contribution < -0.4 is 5.32 Å². The van der Waals surface area contributed by atoms with Gasteiger partial charge in [-0.25, -0.2) is 0 Å². The number of carbonyl (C=O) groups is 2. The topological polar surface area (TPSA) is 46.2 Å². The van der Waals surface area contributed by atoms with E-state index in [1.54, 1.807) is 0 Å². The first-order valence-electron chi connectivity index (χ1n) is 10.9. The monoisotopic (exact) mass is 409 g/mol. The molecule has 1 N–H and O–H groups in total. The molecule has 0 bridgehead atoms. The Morgan fingerprint density at radius 1 is 0.871 bits per heavy atom. The molecule has 2 atom stereocenters. The summed E-state index contributed by atoms with van der Waals surface area (Å²) in [6, 6.07) is 27.5. The lowest BCUT2D eigenvalue weighted by Crippen LogP contribution is -2.19. The van der Waals surface area contributed by atoms with E-state index in [4.69, 9.17) is 0 Å². The van der Waals surface area contributed by atoms with Crippen molar-refractivity contribution in [3.8, 4) is 0 Å². The highest BCUT2D eigenvalue weighted by Crippen LogP contribution is 2.42. The molecule has 0 fully saturated rings. The lowest BCUT2D eigenvalue weighted by atomic mass is 9.76. The molecular formula is C28H27NO2. The van der Waals surface area contributed by atoms with Gasteiger partial charge in [0.1, 0.15) is 0 Å². The summed E-state index contributed by atoms with van der Waals surface area (Å²) >= 11 is 0. The van der Waals surface area contributed by atoms with Crippen molar-refractivity contribution in [1.29, 1.82) is 0 Å². The van der Waals surface area contributed by atoms with Crippen molar-refractivity contribution >= 4 is 23.0 Å². The Labute approximate surface area is 183 Å². The van der Waals surface area contributed by atoms with Crippen LogP contribution in [0.4, 0.5) is 5.69 Å². The van der Waals surface area contributed by atoms with Gasteiger partial charge in [-0.1, -0.05) is 98.3 Å². The zero-order valence-corrected chi connectivity index (χ0v) is 18.0. The molecular weight excluding hydrogens is 382 g/mol. The number of hydrogen-bond donors (Lipinski definition) is 1. The molecule has 0 saturated heterocycles. The lowest BCUT2D eigenvalue weighted by molar-refractivity contribution is -0.110. The van der Waals surface area contributed by atoms with E-state index in [9.17, 15) is 9.59 Å². The third kappa shape index (κ3) is 4.22. The van der Waals surface area contributed by atoms with Crippen LogP contribution in [0.1, 0.15) is 54.1 Å². The number of anilines is 1. The van der Waals surface area contributed by atoms with E-state index >= 15 is 0 Å². The minimum atomic E-state index is -0.0499. The number of benzene rings is 3. The summed E-state index contributed by atoms with van der Waals surface area (Å²) in [5.41, 5.74) is 5.52. The Morgan fingerprint density at radius 2 is 1.48 bits per heavy atom. The fraction of sp³-hybridized carbons (Fsp3) is 0.214. The van der Waals surface area contributed by atoms with Crippen LogP contribution in [0.15, 0.2) is 90.5 Å². The second kappa shape index (κ2) is 9.13. The van der Waals surface area contributed by atoms with Crippen LogP contribution in [-0.2, 0) is 4.79 Å². The Bertz CT molecular complexity index is 1120. The predicted molar refractivity (Wildman–Crippen MR) is 126 cm³/mol. The van der Waals surface area contributed by atoms with Gasteiger partial charge in [-0.15, -0.1) is 0 Å². The highest BCUT2D eigenvalue weighted by Gasteiger charge is 2.32. The van der Waals surface area contributed by atoms with E-state index < -0.39 is 0 Å². The van der Waals surface area contributed by atoms with Gasteiger partial charge >= 0.3 is 0 Å². The minimum absolute atomic E-state index is 0.0167. The molecule has 1 aliphatic rings. The number of para-hydroxylation sites is 1. The largest absolute Gasteiger partial charge is 0.321 e. The molecule has 2 unspecified atom stereocenters. The van der Waals surface area contributed by atoms with Gasteiger partial charge in [-0.05, 0) is 29.9 Å². The van der Waals surface area contributed by atoms with Crippen LogP contribution >= 0.6 is 0 Å². The second-order valence-corrected chi connectivity index (χ2v) is 8.05. The summed E-state index contributed by atoms with van der Waals surface area (Å²) in [6.07, 6.45) is 1.15. The van der Waals surface area contributed by atoms with E-state index in [1.807, 2.05) is 72.8 Å². The maximum Gasteiger partial charge on any atom is 0.256 e. The van der Waals surface area contributed by atoms with Crippen molar-refractivity contribution in [1.82, 2.24) is 0 Å². The maximum atomic E-state index is 13.1. The first-order chi connectivity index (χ1) is 15.1. The van der Waals surface area contributed by atoms with Crippen LogP contribution in [0.2, 0.25) is 0 Å². The van der Waals surface area contributed by atoms with Gasteiger partial charge in [0.25, 0.3) is 5.91 Å². The van der Waals surface area contributed by atoms with E-state index in [2.05, 4.69) is 31.3 Å². The van der Waals surface area contributed by atoms with Gasteiger partial charge in [0, 0.05) is 28.8 Å². The van der Waals surface area contributed by atoms with Gasteiger partial charge in [0.2, 0.25) is 0 Å². The molecule has 3 heteroatoms. The summed E-state index contributed by atoms with van der Waals surface area (Å²) in [5, 5.41) is 3.00. The molecule has 156 valence electrons. The highest BCUT2D eigenvalue weighted by atomic mass is 16.2. The smallest absolute Gasteiger partial charge is 0.256 e. The second-order valence-electron chi connectivity index (χ2n) is 8.05. The summed E-state index contributed by atoms with van der Waals surface area (Å²) in [6.45, 7) is 4.24. The molecule has 1 heterocycles. The van der Waals surface area contributed by atoms with Crippen LogP contribution in [0.25, 0.3) is 5.57 Å². The molecule has 1 amide bonds. The number of hydrogen-bond acceptors (Lipinski definition) is 2. The normalized spacial score (nSPS) is 16.3. The number of rotatable bonds is 7. The van der Waals surface area contributed by atoms with E-state index in [1.165, 1.54) is 0 Å². The summed E-state index contributed by atoms with van der Waals surface area (Å²) in [7, 11) is 0. The van der Waals surface area contributed by atoms with Crippen molar-refractivity contribution in [2.45, 2.75) is 32.6 Å². The van der Waals surface area contributed by atoms with Gasteiger partial charge in [-0.3, -0.25) is 9.59 Å². The molecule has 0 spiro atoms. The van der Waals surface area contributed by atoms with Crippen molar-refractivity contribution in [3.05, 3.63) is 107 Å². The number of amides is 1. The number of allylic oxidation sites excluding steroid dienone is 1. The Morgan fingerprint density at radius 3 is 2.16 bits per heavy atom. The molecule has 31 heavy (non-hydrogen) atoms. The van der Waals surface area contributed by atoms with Gasteiger partial charge in [-0.2, -0.15) is 0 Å². The molecule has 0 radical (unpaired) electrons. The van der Waals surface area contributed by atoms with Crippen molar-refractivity contribution in [2.24, 2.45) is 5.92 Å². The van der Waals surface area contributed by atoms with Gasteiger partial charge < -0.3 is 5.32 Å². The number of Topliss-reactive ketones (excluding diaryl/α,β-unsaturated/α-hetero) is 1. The van der Waals surface area contributed by atoms with Gasteiger partial charge in [0.05, 0.1) is 0 Å². The van der Waals surface area contributed by atoms with Crippen LogP contribution in [0.3, 0.4) is 0 Å². The fourth-order valence-corrected chi connectivity index (χ4v) is 4.63. The zero-order chi connectivity index (χ0) is 21.8. The molecule has 4 rings (SSSR count). The lowest BCUT2D eigenvalue weighted by Gasteiger charge is -2.27. The SMILES string of the molecule is CC/C(=C1/C(=O)Nc2ccccc21)C(C)C(CC(=O)c1ccccc1)c1ccccc1. The van der Waals surface area contributed by atoms with E-state index in [0.29, 0.717) is 6.42 Å². The highest BCUT2D eigenvalue weighted by molar-refractivity contribution is 6.32. The number of fused-ring (bicyclic) bond motifs is 1. The van der Waals surface area contributed by atoms with E-state index in [-0.39, 0.29) is 23.5 Å². The molecule has 0 aliphatic carbocycles. The Kier molecular flexibility index (Phi) is 6.13. The molecule has 3 nitrogen and oxygen atoms in total. The Hall–Kier alpha value is -3.46. The molecule has 0 saturated carbocycles.